The Morgan fingerprint density at radius 3 is 2.62 bits per heavy atom. The maximum absolute atomic E-state index is 11.9. The van der Waals surface area contributed by atoms with Crippen molar-refractivity contribution in [3.63, 3.8) is 0 Å². The van der Waals surface area contributed by atoms with E-state index < -0.39 is 5.91 Å². The van der Waals surface area contributed by atoms with E-state index in [-0.39, 0.29) is 18.2 Å². The monoisotopic (exact) mass is 350 g/mol. The average molecular weight is 351 g/mol. The molecule has 2 amide bonds. The molecule has 0 radical (unpaired) electrons. The largest absolute Gasteiger partial charge is 0.444 e. The second kappa shape index (κ2) is 6.58. The van der Waals surface area contributed by atoms with Crippen molar-refractivity contribution in [1.82, 2.24) is 5.32 Å². The summed E-state index contributed by atoms with van der Waals surface area (Å²) >= 11 is 3.11. The van der Waals surface area contributed by atoms with E-state index in [0.29, 0.717) is 4.67 Å². The Kier molecular flexibility index (Phi) is 4.80. The number of furan rings is 1. The molecule has 2 N–H and O–H groups in total. The van der Waals surface area contributed by atoms with Crippen molar-refractivity contribution < 1.29 is 14.0 Å². The van der Waals surface area contributed by atoms with E-state index >= 15 is 0 Å². The van der Waals surface area contributed by atoms with Gasteiger partial charge < -0.3 is 15.1 Å². The molecule has 0 saturated heterocycles. The smallest absolute Gasteiger partial charge is 0.287 e. The molecule has 2 aromatic rings. The van der Waals surface area contributed by atoms with Gasteiger partial charge in [0, 0.05) is 5.69 Å². The number of aryl methyl sites for hydroxylation is 1. The standard InChI is InChI=1S/C15H15BrN2O3/c1-9-4-3-5-11(10(9)2)18-14(19)8-17-15(20)12-6-7-13(16)21-12/h3-7H,8H2,1-2H3,(H,17,20)(H,18,19). The van der Waals surface area contributed by atoms with Gasteiger partial charge in [-0.3, -0.25) is 9.59 Å². The first-order valence-corrected chi connectivity index (χ1v) is 7.16. The molecular weight excluding hydrogens is 336 g/mol. The van der Waals surface area contributed by atoms with Crippen LogP contribution in [0, 0.1) is 13.8 Å². The zero-order valence-corrected chi connectivity index (χ0v) is 13.3. The van der Waals surface area contributed by atoms with Gasteiger partial charge in [-0.1, -0.05) is 12.1 Å². The summed E-state index contributed by atoms with van der Waals surface area (Å²) in [6.07, 6.45) is 0. The van der Waals surface area contributed by atoms with Gasteiger partial charge in [-0.2, -0.15) is 0 Å². The van der Waals surface area contributed by atoms with E-state index in [2.05, 4.69) is 26.6 Å². The van der Waals surface area contributed by atoms with Gasteiger partial charge in [0.05, 0.1) is 6.54 Å². The lowest BCUT2D eigenvalue weighted by atomic mass is 10.1. The third-order valence-electron chi connectivity index (χ3n) is 3.09. The molecule has 0 unspecified atom stereocenters. The number of amides is 2. The Bertz CT molecular complexity index is 679. The van der Waals surface area contributed by atoms with Crippen LogP contribution in [0.4, 0.5) is 5.69 Å². The Hall–Kier alpha value is -2.08. The third-order valence-corrected chi connectivity index (χ3v) is 3.51. The normalized spacial score (nSPS) is 10.2. The van der Waals surface area contributed by atoms with Gasteiger partial charge in [-0.05, 0) is 59.1 Å². The highest BCUT2D eigenvalue weighted by atomic mass is 79.9. The van der Waals surface area contributed by atoms with Gasteiger partial charge in [-0.25, -0.2) is 0 Å². The highest BCUT2D eigenvalue weighted by Crippen LogP contribution is 2.17. The van der Waals surface area contributed by atoms with Gasteiger partial charge in [0.1, 0.15) is 0 Å². The number of benzene rings is 1. The lowest BCUT2D eigenvalue weighted by molar-refractivity contribution is -0.115. The third kappa shape index (κ3) is 3.95. The maximum atomic E-state index is 11.9. The fourth-order valence-electron chi connectivity index (χ4n) is 1.76. The first-order chi connectivity index (χ1) is 9.97. The van der Waals surface area contributed by atoms with E-state index in [9.17, 15) is 9.59 Å². The highest BCUT2D eigenvalue weighted by Gasteiger charge is 2.12. The van der Waals surface area contributed by atoms with Crippen LogP contribution in [0.3, 0.4) is 0 Å². The number of anilines is 1. The molecule has 1 aromatic heterocycles. The predicted molar refractivity (Wildman–Crippen MR) is 83.3 cm³/mol. The topological polar surface area (TPSA) is 71.3 Å². The summed E-state index contributed by atoms with van der Waals surface area (Å²) in [4.78, 5) is 23.6. The molecule has 21 heavy (non-hydrogen) atoms. The molecule has 0 spiro atoms. The van der Waals surface area contributed by atoms with Gasteiger partial charge >= 0.3 is 0 Å². The van der Waals surface area contributed by atoms with Gasteiger partial charge in [0.15, 0.2) is 10.4 Å². The first-order valence-electron chi connectivity index (χ1n) is 6.37. The molecular formula is C15H15BrN2O3. The Balaban J connectivity index is 1.90. The number of halogens is 1. The van der Waals surface area contributed by atoms with Crippen LogP contribution in [-0.2, 0) is 4.79 Å². The Labute approximate surface area is 130 Å². The molecule has 6 heteroatoms. The van der Waals surface area contributed by atoms with Crippen LogP contribution in [0.5, 0.6) is 0 Å². The van der Waals surface area contributed by atoms with E-state index in [1.165, 1.54) is 6.07 Å². The first kappa shape index (κ1) is 15.3. The van der Waals surface area contributed by atoms with Crippen LogP contribution in [0.2, 0.25) is 0 Å². The highest BCUT2D eigenvalue weighted by molar-refractivity contribution is 9.10. The molecule has 0 aliphatic rings. The maximum Gasteiger partial charge on any atom is 0.287 e. The fraction of sp³-hybridized carbons (Fsp3) is 0.200. The zero-order chi connectivity index (χ0) is 15.4. The Morgan fingerprint density at radius 1 is 1.19 bits per heavy atom. The number of hydrogen-bond donors (Lipinski definition) is 2. The summed E-state index contributed by atoms with van der Waals surface area (Å²) in [5.41, 5.74) is 2.85. The molecule has 1 aromatic carbocycles. The second-order valence-corrected chi connectivity index (χ2v) is 5.36. The minimum atomic E-state index is -0.434. The molecule has 110 valence electrons. The summed E-state index contributed by atoms with van der Waals surface area (Å²) in [6.45, 7) is 3.79. The molecule has 5 nitrogen and oxygen atoms in total. The van der Waals surface area contributed by atoms with Crippen molar-refractivity contribution in [2.45, 2.75) is 13.8 Å². The summed E-state index contributed by atoms with van der Waals surface area (Å²) in [6, 6.07) is 8.82. The molecule has 0 bridgehead atoms. The van der Waals surface area contributed by atoms with E-state index in [1.54, 1.807) is 6.07 Å². The SMILES string of the molecule is Cc1cccc(NC(=O)CNC(=O)c2ccc(Br)o2)c1C. The molecule has 0 atom stereocenters. The van der Waals surface area contributed by atoms with Crippen LogP contribution in [0.25, 0.3) is 0 Å². The van der Waals surface area contributed by atoms with Crippen LogP contribution in [0.1, 0.15) is 21.7 Å². The fourth-order valence-corrected chi connectivity index (χ4v) is 2.07. The average Bonchev–Trinajstić information content (AvgIpc) is 2.88. The summed E-state index contributed by atoms with van der Waals surface area (Å²) in [7, 11) is 0. The lowest BCUT2D eigenvalue weighted by Crippen LogP contribution is -2.32. The molecule has 0 aliphatic heterocycles. The second-order valence-electron chi connectivity index (χ2n) is 4.58. The molecule has 0 aliphatic carbocycles. The van der Waals surface area contributed by atoms with E-state index in [1.807, 2.05) is 32.0 Å². The van der Waals surface area contributed by atoms with Crippen molar-refractivity contribution in [3.8, 4) is 0 Å². The van der Waals surface area contributed by atoms with Crippen molar-refractivity contribution in [1.29, 1.82) is 0 Å². The molecule has 1 heterocycles. The lowest BCUT2D eigenvalue weighted by Gasteiger charge is -2.10. The summed E-state index contributed by atoms with van der Waals surface area (Å²) in [5, 5.41) is 5.27. The van der Waals surface area contributed by atoms with Crippen molar-refractivity contribution >= 4 is 33.4 Å². The van der Waals surface area contributed by atoms with Gasteiger partial charge in [0.2, 0.25) is 5.91 Å². The molecule has 0 fully saturated rings. The van der Waals surface area contributed by atoms with Crippen LogP contribution in [0.15, 0.2) is 39.4 Å². The van der Waals surface area contributed by atoms with Crippen molar-refractivity contribution in [2.24, 2.45) is 0 Å². The minimum Gasteiger partial charge on any atom is -0.444 e. The minimum absolute atomic E-state index is 0.121. The van der Waals surface area contributed by atoms with Crippen LogP contribution >= 0.6 is 15.9 Å². The van der Waals surface area contributed by atoms with Crippen molar-refractivity contribution in [2.75, 3.05) is 11.9 Å². The van der Waals surface area contributed by atoms with Crippen LogP contribution in [-0.4, -0.2) is 18.4 Å². The summed E-state index contributed by atoms with van der Waals surface area (Å²) in [5.74, 6) is -0.569. The van der Waals surface area contributed by atoms with Crippen molar-refractivity contribution in [3.05, 3.63) is 51.9 Å². The molecule has 0 saturated carbocycles. The summed E-state index contributed by atoms with van der Waals surface area (Å²) < 4.78 is 5.57. The predicted octanol–water partition coefficient (Wildman–Crippen LogP) is 3.03. The van der Waals surface area contributed by atoms with E-state index in [0.717, 1.165) is 16.8 Å². The van der Waals surface area contributed by atoms with E-state index in [4.69, 9.17) is 4.42 Å². The number of rotatable bonds is 4. The number of carbonyl (C=O) groups excluding carboxylic acids is 2. The number of nitrogens with one attached hydrogen (secondary N) is 2. The number of carbonyl (C=O) groups is 2. The zero-order valence-electron chi connectivity index (χ0n) is 11.7. The van der Waals surface area contributed by atoms with Gasteiger partial charge in [-0.15, -0.1) is 0 Å². The number of hydrogen-bond acceptors (Lipinski definition) is 3. The quantitative estimate of drug-likeness (QED) is 0.890. The molecule has 2 rings (SSSR count). The van der Waals surface area contributed by atoms with Crippen LogP contribution < -0.4 is 10.6 Å². The Morgan fingerprint density at radius 2 is 1.95 bits per heavy atom. The van der Waals surface area contributed by atoms with Gasteiger partial charge in [0.25, 0.3) is 5.91 Å².